The first-order valence-corrected chi connectivity index (χ1v) is 10.4. The summed E-state index contributed by atoms with van der Waals surface area (Å²) in [5.41, 5.74) is 3.00. The van der Waals surface area contributed by atoms with E-state index in [2.05, 4.69) is 5.32 Å². The van der Waals surface area contributed by atoms with Gasteiger partial charge >= 0.3 is 5.97 Å². The van der Waals surface area contributed by atoms with Crippen LogP contribution in [0.1, 0.15) is 43.2 Å². The Labute approximate surface area is 184 Å². The summed E-state index contributed by atoms with van der Waals surface area (Å²) < 4.78 is 38.4. The van der Waals surface area contributed by atoms with Crippen molar-refractivity contribution in [1.29, 1.82) is 0 Å². The number of dihydropyridines is 1. The van der Waals surface area contributed by atoms with Crippen molar-refractivity contribution in [2.24, 2.45) is 0 Å². The molecule has 0 radical (unpaired) electrons. The number of halogens is 2. The number of rotatable bonds is 5. The van der Waals surface area contributed by atoms with E-state index in [4.69, 9.17) is 9.47 Å². The lowest BCUT2D eigenvalue weighted by Crippen LogP contribution is -2.34. The maximum absolute atomic E-state index is 14.1. The molecular formula is C25H23F2NO4. The highest BCUT2D eigenvalue weighted by molar-refractivity contribution is 6.03. The molecule has 166 valence electrons. The number of carbonyl (C=O) groups is 2. The number of hydrogen-bond acceptors (Lipinski definition) is 5. The number of benzene rings is 2. The van der Waals surface area contributed by atoms with Gasteiger partial charge in [-0.05, 0) is 55.2 Å². The Hall–Kier alpha value is -3.48. The molecule has 32 heavy (non-hydrogen) atoms. The fraction of sp³-hybridized carbons (Fsp3) is 0.280. The second-order valence-electron chi connectivity index (χ2n) is 7.86. The first-order valence-electron chi connectivity index (χ1n) is 10.4. The summed E-state index contributed by atoms with van der Waals surface area (Å²) in [4.78, 5) is 26.0. The molecule has 1 N–H and O–H groups in total. The van der Waals surface area contributed by atoms with Crippen LogP contribution >= 0.6 is 0 Å². The Morgan fingerprint density at radius 2 is 1.84 bits per heavy atom. The van der Waals surface area contributed by atoms with Crippen LogP contribution in [-0.4, -0.2) is 18.9 Å². The molecule has 2 aliphatic rings. The molecule has 1 aliphatic carbocycles. The van der Waals surface area contributed by atoms with Gasteiger partial charge in [0.2, 0.25) is 0 Å². The standard InChI is InChI=1S/C25H23F2NO4/c1-14-22(25(30)32-13-15-6-9-17(31-2)10-7-15)23(16-8-11-18(26)19(27)12-16)24-20(28-14)4-3-5-21(24)29/h6-12,23,28H,3-5,13H2,1-2H3/t23-/m0/s1. The van der Waals surface area contributed by atoms with E-state index >= 15 is 0 Å². The molecular weight excluding hydrogens is 416 g/mol. The molecule has 2 aromatic carbocycles. The molecule has 0 spiro atoms. The minimum atomic E-state index is -1.03. The first-order chi connectivity index (χ1) is 15.4. The van der Waals surface area contributed by atoms with Crippen LogP contribution in [0.25, 0.3) is 0 Å². The van der Waals surface area contributed by atoms with Crippen molar-refractivity contribution >= 4 is 11.8 Å². The molecule has 5 nitrogen and oxygen atoms in total. The maximum atomic E-state index is 14.1. The average Bonchev–Trinajstić information content (AvgIpc) is 2.79. The van der Waals surface area contributed by atoms with E-state index in [1.54, 1.807) is 38.3 Å². The highest BCUT2D eigenvalue weighted by Crippen LogP contribution is 2.42. The van der Waals surface area contributed by atoms with Crippen LogP contribution < -0.4 is 10.1 Å². The van der Waals surface area contributed by atoms with Crippen molar-refractivity contribution in [2.75, 3.05) is 7.11 Å². The van der Waals surface area contributed by atoms with Crippen molar-refractivity contribution < 1.29 is 27.8 Å². The van der Waals surface area contributed by atoms with E-state index in [1.807, 2.05) is 0 Å². The number of carbonyl (C=O) groups excluding carboxylic acids is 2. The maximum Gasteiger partial charge on any atom is 0.337 e. The summed E-state index contributed by atoms with van der Waals surface area (Å²) in [5.74, 6) is -2.89. The van der Waals surface area contributed by atoms with Crippen LogP contribution in [0, 0.1) is 11.6 Å². The van der Waals surface area contributed by atoms with E-state index in [1.165, 1.54) is 6.07 Å². The summed E-state index contributed by atoms with van der Waals surface area (Å²) in [7, 11) is 1.56. The van der Waals surface area contributed by atoms with Gasteiger partial charge in [0, 0.05) is 29.3 Å². The normalized spacial score (nSPS) is 18.2. The molecule has 0 saturated heterocycles. The number of hydrogen-bond donors (Lipinski definition) is 1. The molecule has 0 amide bonds. The zero-order chi connectivity index (χ0) is 22.8. The quantitative estimate of drug-likeness (QED) is 0.685. The second-order valence-corrected chi connectivity index (χ2v) is 7.86. The molecule has 0 fully saturated rings. The lowest BCUT2D eigenvalue weighted by Gasteiger charge is -2.34. The van der Waals surface area contributed by atoms with Crippen LogP contribution in [0.2, 0.25) is 0 Å². The summed E-state index contributed by atoms with van der Waals surface area (Å²) in [6.07, 6.45) is 1.68. The molecule has 4 rings (SSSR count). The van der Waals surface area contributed by atoms with Gasteiger partial charge in [-0.3, -0.25) is 4.79 Å². The summed E-state index contributed by atoms with van der Waals surface area (Å²) in [6.45, 7) is 1.74. The van der Waals surface area contributed by atoms with Gasteiger partial charge < -0.3 is 14.8 Å². The van der Waals surface area contributed by atoms with Crippen molar-refractivity contribution in [3.8, 4) is 5.75 Å². The van der Waals surface area contributed by atoms with Crippen LogP contribution in [0.3, 0.4) is 0 Å². The van der Waals surface area contributed by atoms with Gasteiger partial charge in [0.25, 0.3) is 0 Å². The smallest absolute Gasteiger partial charge is 0.337 e. The Bertz CT molecular complexity index is 1140. The number of ether oxygens (including phenoxy) is 2. The van der Waals surface area contributed by atoms with Gasteiger partial charge in [-0.25, -0.2) is 13.6 Å². The fourth-order valence-corrected chi connectivity index (χ4v) is 4.23. The van der Waals surface area contributed by atoms with Crippen molar-refractivity contribution in [1.82, 2.24) is 5.32 Å². The highest BCUT2D eigenvalue weighted by Gasteiger charge is 2.39. The lowest BCUT2D eigenvalue weighted by molar-refractivity contribution is -0.140. The number of esters is 1. The van der Waals surface area contributed by atoms with Gasteiger partial charge in [-0.1, -0.05) is 18.2 Å². The van der Waals surface area contributed by atoms with Gasteiger partial charge in [-0.15, -0.1) is 0 Å². The topological polar surface area (TPSA) is 64.6 Å². The number of nitrogens with one attached hydrogen (secondary N) is 1. The van der Waals surface area contributed by atoms with E-state index < -0.39 is 23.5 Å². The molecule has 0 bridgehead atoms. The molecule has 0 unspecified atom stereocenters. The first kappa shape index (κ1) is 21.7. The zero-order valence-corrected chi connectivity index (χ0v) is 17.8. The fourth-order valence-electron chi connectivity index (χ4n) is 4.23. The van der Waals surface area contributed by atoms with E-state index in [0.29, 0.717) is 41.8 Å². The zero-order valence-electron chi connectivity index (χ0n) is 17.8. The molecule has 1 aliphatic heterocycles. The molecule has 7 heteroatoms. The van der Waals surface area contributed by atoms with Gasteiger partial charge in [0.1, 0.15) is 12.4 Å². The molecule has 1 atom stereocenters. The van der Waals surface area contributed by atoms with E-state index in [-0.39, 0.29) is 18.0 Å². The second kappa shape index (κ2) is 8.94. The number of allylic oxidation sites excluding steroid dienone is 3. The number of Topliss-reactive ketones (excluding diaryl/α,β-unsaturated/α-hetero) is 1. The SMILES string of the molecule is COc1ccc(COC(=O)C2=C(C)NC3=C(C(=O)CCC3)[C@H]2c2ccc(F)c(F)c2)cc1. The van der Waals surface area contributed by atoms with Gasteiger partial charge in [0.15, 0.2) is 17.4 Å². The Morgan fingerprint density at radius 3 is 2.53 bits per heavy atom. The van der Waals surface area contributed by atoms with Crippen molar-refractivity contribution in [2.45, 2.75) is 38.7 Å². The van der Waals surface area contributed by atoms with Crippen LogP contribution in [0.5, 0.6) is 5.75 Å². The Kier molecular flexibility index (Phi) is 6.08. The predicted molar refractivity (Wildman–Crippen MR) is 114 cm³/mol. The molecule has 0 aromatic heterocycles. The lowest BCUT2D eigenvalue weighted by atomic mass is 9.75. The Balaban J connectivity index is 1.68. The molecule has 2 aromatic rings. The number of ketones is 1. The predicted octanol–water partition coefficient (Wildman–Crippen LogP) is 4.68. The third kappa shape index (κ3) is 4.15. The van der Waals surface area contributed by atoms with Crippen LogP contribution in [0.4, 0.5) is 8.78 Å². The van der Waals surface area contributed by atoms with Crippen molar-refractivity contribution in [3.05, 3.63) is 87.8 Å². The minimum Gasteiger partial charge on any atom is -0.497 e. The molecule has 1 heterocycles. The van der Waals surface area contributed by atoms with Crippen molar-refractivity contribution in [3.63, 3.8) is 0 Å². The highest BCUT2D eigenvalue weighted by atomic mass is 19.2. The Morgan fingerprint density at radius 1 is 1.09 bits per heavy atom. The summed E-state index contributed by atoms with van der Waals surface area (Å²) in [6, 6.07) is 10.5. The third-order valence-electron chi connectivity index (χ3n) is 5.80. The van der Waals surface area contributed by atoms with Crippen LogP contribution in [-0.2, 0) is 20.9 Å². The van der Waals surface area contributed by atoms with Gasteiger partial charge in [0.05, 0.1) is 12.7 Å². The van der Waals surface area contributed by atoms with Crippen LogP contribution in [0.15, 0.2) is 65.0 Å². The van der Waals surface area contributed by atoms with Gasteiger partial charge in [-0.2, -0.15) is 0 Å². The summed E-state index contributed by atoms with van der Waals surface area (Å²) >= 11 is 0. The minimum absolute atomic E-state index is 0.0178. The third-order valence-corrected chi connectivity index (χ3v) is 5.80. The number of methoxy groups -OCH3 is 1. The molecule has 0 saturated carbocycles. The largest absolute Gasteiger partial charge is 0.497 e. The average molecular weight is 439 g/mol. The van der Waals surface area contributed by atoms with E-state index in [9.17, 15) is 18.4 Å². The monoisotopic (exact) mass is 439 g/mol. The summed E-state index contributed by atoms with van der Waals surface area (Å²) in [5, 5.41) is 3.17. The van der Waals surface area contributed by atoms with E-state index in [0.717, 1.165) is 23.4 Å².